The van der Waals surface area contributed by atoms with E-state index < -0.39 is 86.2 Å². The van der Waals surface area contributed by atoms with Crippen molar-refractivity contribution < 1.29 is 75.4 Å². The predicted octanol–water partition coefficient (Wildman–Crippen LogP) is 0.278. The van der Waals surface area contributed by atoms with Crippen LogP contribution in [0.1, 0.15) is 48.5 Å². The minimum absolute atomic E-state index is 0.799. The minimum Gasteiger partial charge on any atom is -0.455 e. The molecule has 17 heteroatoms. The van der Waals surface area contributed by atoms with E-state index in [2.05, 4.69) is 9.05 Å². The Balaban J connectivity index is 3.90. The summed E-state index contributed by atoms with van der Waals surface area (Å²) < 4.78 is 53.5. The van der Waals surface area contributed by atoms with Crippen molar-refractivity contribution in [2.75, 3.05) is 0 Å². The Morgan fingerprint density at radius 3 is 0.811 bits per heavy atom. The summed E-state index contributed by atoms with van der Waals surface area (Å²) in [4.78, 5) is 82.8. The van der Waals surface area contributed by atoms with E-state index in [1.54, 1.807) is 0 Å². The smallest absolute Gasteiger partial charge is 0.455 e. The van der Waals surface area contributed by atoms with Crippen LogP contribution in [0.2, 0.25) is 0 Å². The molecular formula is C20H27O16P. The summed E-state index contributed by atoms with van der Waals surface area (Å²) in [5.41, 5.74) is 0. The van der Waals surface area contributed by atoms with Crippen molar-refractivity contribution in [2.24, 2.45) is 0 Å². The van der Waals surface area contributed by atoms with E-state index in [0.29, 0.717) is 0 Å². The molecule has 6 atom stereocenters. The van der Waals surface area contributed by atoms with Crippen molar-refractivity contribution in [1.82, 2.24) is 0 Å². The number of hydrogen-bond donors (Lipinski definition) is 0. The SMILES string of the molecule is CC(=O)OC1C(OC(C)=O)[C@H](OC(C)=O)[C@H](OP(=O)(OC(C)=O)OC(C)=O)C(OC(C)=O)[C@@H]1OC(C)=O. The molecule has 3 unspecified atom stereocenters. The van der Waals surface area contributed by atoms with Gasteiger partial charge in [0, 0.05) is 48.5 Å². The highest BCUT2D eigenvalue weighted by atomic mass is 31.2. The Morgan fingerprint density at radius 1 is 0.405 bits per heavy atom. The van der Waals surface area contributed by atoms with Gasteiger partial charge < -0.3 is 32.7 Å². The maximum atomic E-state index is 13.2. The van der Waals surface area contributed by atoms with Gasteiger partial charge in [0.05, 0.1) is 0 Å². The fraction of sp³-hybridized carbons (Fsp3) is 0.650. The molecule has 0 saturated heterocycles. The molecule has 1 saturated carbocycles. The molecule has 0 bridgehead atoms. The zero-order valence-electron chi connectivity index (χ0n) is 20.9. The van der Waals surface area contributed by atoms with Crippen molar-refractivity contribution in [1.29, 1.82) is 0 Å². The molecule has 1 aliphatic carbocycles. The second-order valence-electron chi connectivity index (χ2n) is 7.55. The van der Waals surface area contributed by atoms with Crippen molar-refractivity contribution in [2.45, 2.75) is 85.1 Å². The highest BCUT2D eigenvalue weighted by molar-refractivity contribution is 7.49. The molecule has 1 aliphatic rings. The lowest BCUT2D eigenvalue weighted by molar-refractivity contribution is -0.253. The van der Waals surface area contributed by atoms with Crippen LogP contribution in [0.15, 0.2) is 0 Å². The maximum Gasteiger partial charge on any atom is 0.592 e. The number of hydrogen-bond acceptors (Lipinski definition) is 16. The fourth-order valence-electron chi connectivity index (χ4n) is 3.40. The Labute approximate surface area is 210 Å². The van der Waals surface area contributed by atoms with Gasteiger partial charge in [-0.15, -0.1) is 0 Å². The molecular weight excluding hydrogens is 527 g/mol. The van der Waals surface area contributed by atoms with Crippen molar-refractivity contribution in [3.8, 4) is 0 Å². The van der Waals surface area contributed by atoms with Crippen LogP contribution >= 0.6 is 7.82 Å². The summed E-state index contributed by atoms with van der Waals surface area (Å²) in [5.74, 6) is -7.55. The highest BCUT2D eigenvalue weighted by Gasteiger charge is 2.62. The lowest BCUT2D eigenvalue weighted by Crippen LogP contribution is -2.68. The molecule has 0 aromatic carbocycles. The molecule has 0 aromatic rings. The van der Waals surface area contributed by atoms with E-state index in [1.807, 2.05) is 0 Å². The van der Waals surface area contributed by atoms with Crippen LogP contribution < -0.4 is 0 Å². The largest absolute Gasteiger partial charge is 0.592 e. The number of esters is 5. The zero-order chi connectivity index (χ0) is 28.7. The number of carbonyl (C=O) groups is 7. The minimum atomic E-state index is -5.20. The highest BCUT2D eigenvalue weighted by Crippen LogP contribution is 2.53. The van der Waals surface area contributed by atoms with Crippen molar-refractivity contribution >= 4 is 49.6 Å². The molecule has 0 aromatic heterocycles. The van der Waals surface area contributed by atoms with Crippen LogP contribution in [0.5, 0.6) is 0 Å². The topological polar surface area (TPSA) is 210 Å². The summed E-state index contributed by atoms with van der Waals surface area (Å²) in [6.45, 7) is 6.26. The lowest BCUT2D eigenvalue weighted by Gasteiger charge is -2.47. The lowest BCUT2D eigenvalue weighted by atomic mass is 9.83. The van der Waals surface area contributed by atoms with Gasteiger partial charge in [-0.1, -0.05) is 0 Å². The van der Waals surface area contributed by atoms with E-state index in [4.69, 9.17) is 28.2 Å². The van der Waals surface area contributed by atoms with Gasteiger partial charge in [-0.3, -0.25) is 38.1 Å². The van der Waals surface area contributed by atoms with Crippen LogP contribution in [-0.4, -0.2) is 78.4 Å². The Morgan fingerprint density at radius 2 is 0.622 bits per heavy atom. The van der Waals surface area contributed by atoms with Gasteiger partial charge in [0.2, 0.25) is 0 Å². The van der Waals surface area contributed by atoms with Gasteiger partial charge in [-0.25, -0.2) is 4.57 Å². The quantitative estimate of drug-likeness (QED) is 0.213. The molecule has 37 heavy (non-hydrogen) atoms. The maximum absolute atomic E-state index is 13.2. The molecule has 208 valence electrons. The number of carbonyl (C=O) groups excluding carboxylic acids is 7. The van der Waals surface area contributed by atoms with E-state index >= 15 is 0 Å². The summed E-state index contributed by atoms with van der Waals surface area (Å²) in [6, 6.07) is 0. The zero-order valence-corrected chi connectivity index (χ0v) is 21.8. The third-order valence-corrected chi connectivity index (χ3v) is 5.65. The number of phosphoric acid groups is 1. The third-order valence-electron chi connectivity index (χ3n) is 4.18. The molecule has 1 fully saturated rings. The molecule has 0 N–H and O–H groups in total. The molecule has 0 heterocycles. The van der Waals surface area contributed by atoms with Gasteiger partial charge >= 0.3 is 49.6 Å². The first kappa shape index (κ1) is 31.5. The Bertz CT molecular complexity index is 925. The number of phosphoric ester groups is 1. The number of ether oxygens (including phenoxy) is 5. The molecule has 16 nitrogen and oxygen atoms in total. The number of rotatable bonds is 9. The standard InChI is InChI=1S/C20H27O16P/c1-8(21)29-15-16(30-9(2)22)18(32-11(4)24)20(19(33-12(5)25)17(15)31-10(3)23)36-37(28,34-13(6)26)35-14(7)27/h15-20H,1-7H3/t15?,16-,17?,18?,19+,20-/m1/s1. The first-order valence-corrected chi connectivity index (χ1v) is 12.0. The van der Waals surface area contributed by atoms with Gasteiger partial charge in [0.1, 0.15) is 0 Å². The van der Waals surface area contributed by atoms with Gasteiger partial charge in [-0.2, -0.15) is 0 Å². The summed E-state index contributed by atoms with van der Waals surface area (Å²) in [5, 5.41) is 0. The monoisotopic (exact) mass is 554 g/mol. The van der Waals surface area contributed by atoms with E-state index in [-0.39, 0.29) is 0 Å². The third kappa shape index (κ3) is 9.80. The Kier molecular flexibility index (Phi) is 11.2. The molecule has 0 radical (unpaired) electrons. The molecule has 0 aliphatic heterocycles. The molecule has 1 rings (SSSR count). The predicted molar refractivity (Wildman–Crippen MR) is 114 cm³/mol. The Hall–Kier alpha value is -3.52. The van der Waals surface area contributed by atoms with E-state index in [1.165, 1.54) is 0 Å². The second-order valence-corrected chi connectivity index (χ2v) is 9.02. The van der Waals surface area contributed by atoms with Gasteiger partial charge in [0.15, 0.2) is 36.6 Å². The molecule has 0 amide bonds. The van der Waals surface area contributed by atoms with Gasteiger partial charge in [-0.05, 0) is 0 Å². The summed E-state index contributed by atoms with van der Waals surface area (Å²) in [7, 11) is -5.20. The average Bonchev–Trinajstić information content (AvgIpc) is 2.67. The van der Waals surface area contributed by atoms with Crippen LogP contribution in [0.3, 0.4) is 0 Å². The van der Waals surface area contributed by atoms with Crippen LogP contribution in [0.25, 0.3) is 0 Å². The van der Waals surface area contributed by atoms with Crippen LogP contribution in [0, 0.1) is 0 Å². The van der Waals surface area contributed by atoms with Crippen LogP contribution in [-0.2, 0) is 75.4 Å². The fourth-order valence-corrected chi connectivity index (χ4v) is 4.69. The van der Waals surface area contributed by atoms with Crippen LogP contribution in [0.4, 0.5) is 0 Å². The molecule has 0 spiro atoms. The average molecular weight is 554 g/mol. The second kappa shape index (κ2) is 13.1. The summed E-state index contributed by atoms with van der Waals surface area (Å²) in [6.07, 6.45) is -11.3. The van der Waals surface area contributed by atoms with Crippen molar-refractivity contribution in [3.63, 3.8) is 0 Å². The van der Waals surface area contributed by atoms with Crippen molar-refractivity contribution in [3.05, 3.63) is 0 Å². The van der Waals surface area contributed by atoms with Gasteiger partial charge in [0.25, 0.3) is 0 Å². The first-order valence-electron chi connectivity index (χ1n) is 10.5. The van der Waals surface area contributed by atoms with E-state index in [9.17, 15) is 38.1 Å². The van der Waals surface area contributed by atoms with E-state index in [0.717, 1.165) is 48.5 Å². The summed E-state index contributed by atoms with van der Waals surface area (Å²) >= 11 is 0. The first-order chi connectivity index (χ1) is 17.0. The normalized spacial score (nSPS) is 25.1.